The molecule has 45 heavy (non-hydrogen) atoms. The van der Waals surface area contributed by atoms with Gasteiger partial charge in [0, 0.05) is 55.3 Å². The molecule has 10 nitrogen and oxygen atoms in total. The number of benzene rings is 2. The Morgan fingerprint density at radius 3 is 2.78 bits per heavy atom. The average molecular weight is 618 g/mol. The maximum atomic E-state index is 15.1. The molecule has 1 aromatic heterocycles. The van der Waals surface area contributed by atoms with E-state index >= 15 is 4.39 Å². The molecule has 3 aromatic rings. The molecule has 1 saturated carbocycles. The number of aromatic hydroxyl groups is 1. The number of amides is 1. The Morgan fingerprint density at radius 2 is 2.04 bits per heavy atom. The lowest BCUT2D eigenvalue weighted by Crippen LogP contribution is -2.57. The van der Waals surface area contributed by atoms with Gasteiger partial charge in [0.1, 0.15) is 30.0 Å². The molecule has 0 bridgehead atoms. The van der Waals surface area contributed by atoms with Crippen LogP contribution in [-0.4, -0.2) is 95.3 Å². The van der Waals surface area contributed by atoms with Crippen LogP contribution in [0.15, 0.2) is 42.7 Å². The normalized spacial score (nSPS) is 18.9. The summed E-state index contributed by atoms with van der Waals surface area (Å²) in [6.45, 7) is 14.8. The first-order valence-corrected chi connectivity index (χ1v) is 15.3. The maximum Gasteiger partial charge on any atom is 0.318 e. The summed E-state index contributed by atoms with van der Waals surface area (Å²) in [7, 11) is 2.09. The van der Waals surface area contributed by atoms with Gasteiger partial charge in [-0.1, -0.05) is 18.7 Å². The molecule has 0 spiro atoms. The van der Waals surface area contributed by atoms with Crippen LogP contribution >= 0.6 is 0 Å². The Morgan fingerprint density at radius 1 is 1.24 bits per heavy atom. The fourth-order valence-corrected chi connectivity index (χ4v) is 6.40. The van der Waals surface area contributed by atoms with E-state index in [0.29, 0.717) is 61.0 Å². The van der Waals surface area contributed by atoms with Crippen LogP contribution < -0.4 is 14.5 Å². The molecule has 12 heteroatoms. The van der Waals surface area contributed by atoms with Gasteiger partial charge in [-0.15, -0.1) is 0 Å². The zero-order chi connectivity index (χ0) is 31.8. The zero-order valence-electron chi connectivity index (χ0n) is 25.5. The van der Waals surface area contributed by atoms with E-state index in [0.717, 1.165) is 11.3 Å². The van der Waals surface area contributed by atoms with E-state index in [4.69, 9.17) is 21.3 Å². The van der Waals surface area contributed by atoms with Crippen molar-refractivity contribution in [3.05, 3.63) is 71.2 Å². The molecular formula is C33H37F2N7O3. The lowest BCUT2D eigenvalue weighted by molar-refractivity contribution is -0.131. The van der Waals surface area contributed by atoms with E-state index in [1.54, 1.807) is 24.3 Å². The number of ether oxygens (including phenoxy) is 1. The highest BCUT2D eigenvalue weighted by Gasteiger charge is 2.37. The van der Waals surface area contributed by atoms with Crippen molar-refractivity contribution in [3.8, 4) is 11.8 Å². The van der Waals surface area contributed by atoms with E-state index in [1.807, 2.05) is 9.80 Å². The van der Waals surface area contributed by atoms with Crippen LogP contribution in [-0.2, 0) is 17.8 Å². The molecule has 236 valence electrons. The third kappa shape index (κ3) is 6.22. The predicted octanol–water partition coefficient (Wildman–Crippen LogP) is 4.32. The summed E-state index contributed by atoms with van der Waals surface area (Å²) in [6.07, 6.45) is 2.89. The summed E-state index contributed by atoms with van der Waals surface area (Å²) in [5.41, 5.74) is 2.20. The van der Waals surface area contributed by atoms with Gasteiger partial charge in [-0.2, -0.15) is 9.97 Å². The Bertz CT molecular complexity index is 1670. The lowest BCUT2D eigenvalue weighted by atomic mass is 10.0. The molecule has 6 rings (SSSR count). The van der Waals surface area contributed by atoms with Crippen LogP contribution in [0.1, 0.15) is 31.0 Å². The average Bonchev–Trinajstić information content (AvgIpc) is 3.88. The van der Waals surface area contributed by atoms with Gasteiger partial charge in [0.15, 0.2) is 5.83 Å². The third-order valence-electron chi connectivity index (χ3n) is 9.10. The fourth-order valence-electron chi connectivity index (χ4n) is 6.40. The molecule has 1 N–H and O–H groups in total. The van der Waals surface area contributed by atoms with Crippen molar-refractivity contribution < 1.29 is 23.4 Å². The van der Waals surface area contributed by atoms with Crippen molar-refractivity contribution in [3.63, 3.8) is 0 Å². The van der Waals surface area contributed by atoms with Gasteiger partial charge in [-0.25, -0.2) is 15.4 Å². The monoisotopic (exact) mass is 617 g/mol. The van der Waals surface area contributed by atoms with Crippen LogP contribution in [0.4, 0.5) is 20.3 Å². The first-order valence-electron chi connectivity index (χ1n) is 15.3. The SMILES string of the molecule is [C-]#[N+]C[C@H]1CN(c2nc(OC[C@H](C)N(C)C3CC3)nc3c2CCN(c2cc(O)cc4cccc(F)c24)C3)CCN1C(=O)C(=C)F. The summed E-state index contributed by atoms with van der Waals surface area (Å²) in [5.74, 6) is -1.51. The number of likely N-dealkylation sites (N-methyl/N-ethyl adjacent to an activating group) is 1. The highest BCUT2D eigenvalue weighted by atomic mass is 19.1. The number of phenols is 1. The second-order valence-corrected chi connectivity index (χ2v) is 12.1. The Labute approximate surface area is 261 Å². The first-order chi connectivity index (χ1) is 21.6. The van der Waals surface area contributed by atoms with Gasteiger partial charge in [0.2, 0.25) is 6.54 Å². The Balaban J connectivity index is 1.34. The summed E-state index contributed by atoms with van der Waals surface area (Å²) in [5, 5.41) is 11.5. The van der Waals surface area contributed by atoms with E-state index in [1.165, 1.54) is 23.8 Å². The van der Waals surface area contributed by atoms with Gasteiger partial charge in [0.05, 0.1) is 17.9 Å². The molecule has 3 heterocycles. The number of aromatic nitrogens is 2. The molecule has 2 atom stereocenters. The van der Waals surface area contributed by atoms with Crippen LogP contribution in [0.2, 0.25) is 0 Å². The van der Waals surface area contributed by atoms with Crippen molar-refractivity contribution in [1.82, 2.24) is 19.8 Å². The van der Waals surface area contributed by atoms with Gasteiger partial charge in [0.25, 0.3) is 5.91 Å². The van der Waals surface area contributed by atoms with Crippen LogP contribution in [0.5, 0.6) is 11.8 Å². The minimum Gasteiger partial charge on any atom is -0.508 e. The number of hydrogen-bond acceptors (Lipinski definition) is 8. The molecule has 3 aliphatic rings. The molecule has 1 saturated heterocycles. The topological polar surface area (TPSA) is 89.6 Å². The molecular weight excluding hydrogens is 580 g/mol. The first kappa shape index (κ1) is 30.5. The number of hydrogen-bond donors (Lipinski definition) is 1. The van der Waals surface area contributed by atoms with Crippen LogP contribution in [0.3, 0.4) is 0 Å². The van der Waals surface area contributed by atoms with E-state index in [-0.39, 0.29) is 43.3 Å². The molecule has 0 radical (unpaired) electrons. The second-order valence-electron chi connectivity index (χ2n) is 12.1. The van der Waals surface area contributed by atoms with Crippen molar-refractivity contribution in [2.45, 2.75) is 50.9 Å². The van der Waals surface area contributed by atoms with Crippen LogP contribution in [0, 0.1) is 12.4 Å². The molecule has 1 aliphatic carbocycles. The van der Waals surface area contributed by atoms with E-state index < -0.39 is 17.8 Å². The minimum absolute atomic E-state index is 0.0150. The second kappa shape index (κ2) is 12.5. The minimum atomic E-state index is -1.05. The summed E-state index contributed by atoms with van der Waals surface area (Å²) in [4.78, 5) is 33.4. The van der Waals surface area contributed by atoms with Gasteiger partial charge < -0.3 is 29.4 Å². The quantitative estimate of drug-likeness (QED) is 0.281. The number of phenolic OH excluding ortho intramolecular Hbond substituents is 1. The number of fused-ring (bicyclic) bond motifs is 2. The smallest absolute Gasteiger partial charge is 0.318 e. The predicted molar refractivity (Wildman–Crippen MR) is 168 cm³/mol. The van der Waals surface area contributed by atoms with Crippen LogP contribution in [0.25, 0.3) is 15.6 Å². The number of piperazine rings is 1. The number of carbonyl (C=O) groups is 1. The fraction of sp³-hybridized carbons (Fsp3) is 0.455. The number of halogens is 2. The third-order valence-corrected chi connectivity index (χ3v) is 9.10. The van der Waals surface area contributed by atoms with E-state index in [9.17, 15) is 14.3 Å². The number of anilines is 2. The summed E-state index contributed by atoms with van der Waals surface area (Å²) >= 11 is 0. The molecule has 1 amide bonds. The van der Waals surface area contributed by atoms with Gasteiger partial charge in [-0.05, 0) is 50.8 Å². The number of rotatable bonds is 9. The number of carbonyl (C=O) groups excluding carboxylic acids is 1. The Hall–Kier alpha value is -4.50. The molecule has 2 aromatic carbocycles. The summed E-state index contributed by atoms with van der Waals surface area (Å²) < 4.78 is 35.1. The summed E-state index contributed by atoms with van der Waals surface area (Å²) in [6, 6.07) is 8.31. The van der Waals surface area contributed by atoms with Gasteiger partial charge >= 0.3 is 6.01 Å². The van der Waals surface area contributed by atoms with Crippen molar-refractivity contribution in [2.75, 3.05) is 56.2 Å². The number of nitrogens with zero attached hydrogens (tertiary/aromatic N) is 7. The standard InChI is InChI=1S/C33H37F2N7O3/c1-20(39(4)23-8-9-23)19-45-33-37-28-18-40(29-15-25(43)14-22-6-5-7-27(35)30(22)29)11-10-26(28)31(38-33)41-12-13-42(32(44)21(2)34)24(17-41)16-36-3/h5-7,14-15,20,23-24,43H,2,8-13,16-19H2,1,4H3/t20-,24-/m0/s1. The van der Waals surface area contributed by atoms with Crippen molar-refractivity contribution in [1.29, 1.82) is 0 Å². The van der Waals surface area contributed by atoms with Crippen molar-refractivity contribution >= 4 is 28.2 Å². The lowest BCUT2D eigenvalue weighted by Gasteiger charge is -2.41. The highest BCUT2D eigenvalue weighted by Crippen LogP contribution is 2.38. The van der Waals surface area contributed by atoms with E-state index in [2.05, 4.69) is 30.3 Å². The van der Waals surface area contributed by atoms with Gasteiger partial charge in [-0.3, -0.25) is 9.69 Å². The largest absolute Gasteiger partial charge is 0.508 e. The van der Waals surface area contributed by atoms with Crippen molar-refractivity contribution in [2.24, 2.45) is 0 Å². The highest BCUT2D eigenvalue weighted by molar-refractivity contribution is 5.96. The zero-order valence-corrected chi connectivity index (χ0v) is 25.5. The molecule has 0 unspecified atom stereocenters. The maximum absolute atomic E-state index is 15.1. The Kier molecular flexibility index (Phi) is 8.46. The molecule has 2 fully saturated rings. The molecule has 2 aliphatic heterocycles.